The Balaban J connectivity index is 1.38. The molecule has 6 rings (SSSR count). The van der Waals surface area contributed by atoms with Gasteiger partial charge in [-0.15, -0.1) is 15.0 Å². The van der Waals surface area contributed by atoms with Gasteiger partial charge in [0.25, 0.3) is 6.43 Å². The average Bonchev–Trinajstić information content (AvgIpc) is 3.46. The SMILES string of the molecule is C[C@]1(C(=O)O)CCCC[C@H]1C(=O)N1CCc2c(Cl)ccc(OCc3nn(C(F)F)nc3C(F)F)c2[C@H]1CN1CC2(CC2)CC1=O. The Labute approximate surface area is 261 Å². The topological polar surface area (TPSA) is 118 Å². The van der Waals surface area contributed by atoms with E-state index >= 15 is 0 Å². The van der Waals surface area contributed by atoms with Crippen LogP contribution < -0.4 is 4.74 Å². The van der Waals surface area contributed by atoms with Gasteiger partial charge in [-0.1, -0.05) is 24.4 Å². The van der Waals surface area contributed by atoms with Crippen LogP contribution in [-0.2, 0) is 27.4 Å². The van der Waals surface area contributed by atoms with Gasteiger partial charge in [-0.25, -0.2) is 8.78 Å². The van der Waals surface area contributed by atoms with E-state index in [2.05, 4.69) is 10.2 Å². The van der Waals surface area contributed by atoms with Crippen molar-refractivity contribution in [3.05, 3.63) is 39.7 Å². The van der Waals surface area contributed by atoms with Gasteiger partial charge in [0.1, 0.15) is 18.1 Å². The zero-order chi connectivity index (χ0) is 32.3. The second-order valence-electron chi connectivity index (χ2n) is 12.9. The van der Waals surface area contributed by atoms with Gasteiger partial charge >= 0.3 is 12.5 Å². The molecular weight excluding hydrogens is 622 g/mol. The molecule has 0 unspecified atom stereocenters. The van der Waals surface area contributed by atoms with E-state index in [1.807, 2.05) is 0 Å². The van der Waals surface area contributed by atoms with Crippen LogP contribution in [0.3, 0.4) is 0 Å². The number of carbonyl (C=O) groups is 3. The fourth-order valence-corrected chi connectivity index (χ4v) is 7.54. The number of amides is 2. The van der Waals surface area contributed by atoms with Crippen LogP contribution in [0, 0.1) is 16.7 Å². The minimum absolute atomic E-state index is 0.0465. The number of benzene rings is 1. The highest BCUT2D eigenvalue weighted by Gasteiger charge is 2.54. The van der Waals surface area contributed by atoms with Gasteiger partial charge < -0.3 is 19.6 Å². The Hall–Kier alpha value is -3.42. The molecule has 2 amide bonds. The number of ether oxygens (including phenoxy) is 1. The average molecular weight is 656 g/mol. The highest BCUT2D eigenvalue weighted by molar-refractivity contribution is 6.31. The van der Waals surface area contributed by atoms with Crippen LogP contribution in [0.4, 0.5) is 17.6 Å². The standard InChI is InChI=1S/C30H34ClF4N5O5/c1-29(27(43)44)8-3-2-4-17(29)26(42)39-11-7-16-18(31)5-6-21(45-14-19-24(25(32)33)37-40(36-19)28(34)35)23(16)20(39)13-38-15-30(9-10-30)12-22(38)41/h5-6,17,20,25,28H,2-4,7-15H2,1H3,(H,43,44)/t17-,20+,29-/m0/s1. The van der Waals surface area contributed by atoms with Crippen molar-refractivity contribution in [2.24, 2.45) is 16.7 Å². The number of fused-ring (bicyclic) bond motifs is 1. The van der Waals surface area contributed by atoms with Gasteiger partial charge in [-0.05, 0) is 62.1 Å². The smallest absolute Gasteiger partial charge is 0.348 e. The fourth-order valence-electron chi connectivity index (χ4n) is 7.28. The predicted octanol–water partition coefficient (Wildman–Crippen LogP) is 5.56. The van der Waals surface area contributed by atoms with E-state index in [9.17, 15) is 37.1 Å². The van der Waals surface area contributed by atoms with E-state index in [4.69, 9.17) is 16.3 Å². The van der Waals surface area contributed by atoms with E-state index < -0.39 is 54.3 Å². The first kappa shape index (κ1) is 31.6. The summed E-state index contributed by atoms with van der Waals surface area (Å²) in [5.74, 6) is -2.05. The number of hydrogen-bond acceptors (Lipinski definition) is 6. The van der Waals surface area contributed by atoms with Gasteiger partial charge in [-0.2, -0.15) is 8.78 Å². The summed E-state index contributed by atoms with van der Waals surface area (Å²) >= 11 is 6.64. The summed E-state index contributed by atoms with van der Waals surface area (Å²) in [6, 6.07) is 2.30. The Bertz CT molecular complexity index is 1520. The van der Waals surface area contributed by atoms with Gasteiger partial charge in [0, 0.05) is 36.6 Å². The summed E-state index contributed by atoms with van der Waals surface area (Å²) in [4.78, 5) is 43.2. The van der Waals surface area contributed by atoms with Crippen molar-refractivity contribution in [2.45, 2.75) is 83.9 Å². The lowest BCUT2D eigenvalue weighted by Crippen LogP contribution is -2.52. The molecule has 15 heteroatoms. The number of rotatable bonds is 9. The number of hydrogen-bond donors (Lipinski definition) is 1. The third-order valence-corrected chi connectivity index (χ3v) is 10.4. The van der Waals surface area contributed by atoms with E-state index in [-0.39, 0.29) is 40.9 Å². The molecule has 0 bridgehead atoms. The number of nitrogens with zero attached hydrogens (tertiary/aromatic N) is 5. The number of carboxylic acids is 1. The quantitative estimate of drug-likeness (QED) is 0.352. The van der Waals surface area contributed by atoms with Gasteiger partial charge in [0.2, 0.25) is 11.8 Å². The molecule has 2 aromatic rings. The monoisotopic (exact) mass is 655 g/mol. The van der Waals surface area contributed by atoms with Crippen molar-refractivity contribution in [1.29, 1.82) is 0 Å². The molecule has 244 valence electrons. The first-order valence-electron chi connectivity index (χ1n) is 15.1. The minimum atomic E-state index is -3.23. The maximum Gasteiger partial charge on any atom is 0.348 e. The van der Waals surface area contributed by atoms with Crippen molar-refractivity contribution in [2.75, 3.05) is 19.6 Å². The number of aliphatic carboxylic acids is 1. The maximum absolute atomic E-state index is 14.4. The van der Waals surface area contributed by atoms with Crippen molar-refractivity contribution in [1.82, 2.24) is 24.8 Å². The van der Waals surface area contributed by atoms with Crippen LogP contribution in [0.25, 0.3) is 0 Å². The Morgan fingerprint density at radius 3 is 2.56 bits per heavy atom. The molecular formula is C30H34ClF4N5O5. The first-order chi connectivity index (χ1) is 21.3. The molecule has 4 aliphatic rings. The third-order valence-electron chi connectivity index (χ3n) is 10.1. The molecule has 1 aromatic carbocycles. The van der Waals surface area contributed by atoms with Gasteiger partial charge in [0.05, 0.1) is 17.4 Å². The summed E-state index contributed by atoms with van der Waals surface area (Å²) in [6.07, 6.45) is 1.55. The Morgan fingerprint density at radius 1 is 1.16 bits per heavy atom. The highest BCUT2D eigenvalue weighted by atomic mass is 35.5. The van der Waals surface area contributed by atoms with E-state index in [0.717, 1.165) is 12.8 Å². The molecule has 45 heavy (non-hydrogen) atoms. The first-order valence-corrected chi connectivity index (χ1v) is 15.5. The number of aromatic nitrogens is 3. The number of halogens is 5. The molecule has 0 radical (unpaired) electrons. The molecule has 3 atom stereocenters. The lowest BCUT2D eigenvalue weighted by atomic mass is 9.66. The Kier molecular flexibility index (Phi) is 8.23. The molecule has 2 saturated carbocycles. The summed E-state index contributed by atoms with van der Waals surface area (Å²) in [5, 5.41) is 17.2. The molecule has 1 aromatic heterocycles. The summed E-state index contributed by atoms with van der Waals surface area (Å²) in [6.45, 7) is -1.39. The van der Waals surface area contributed by atoms with Crippen LogP contribution in [0.2, 0.25) is 5.02 Å². The van der Waals surface area contributed by atoms with E-state index in [1.54, 1.807) is 22.8 Å². The zero-order valence-electron chi connectivity index (χ0n) is 24.7. The van der Waals surface area contributed by atoms with E-state index in [1.165, 1.54) is 6.07 Å². The largest absolute Gasteiger partial charge is 0.487 e. The van der Waals surface area contributed by atoms with Gasteiger partial charge in [0.15, 0.2) is 5.69 Å². The number of likely N-dealkylation sites (tertiary alicyclic amines) is 1. The molecule has 3 heterocycles. The number of carboxylic acid groups (broad SMARTS) is 1. The summed E-state index contributed by atoms with van der Waals surface area (Å²) in [7, 11) is 0. The van der Waals surface area contributed by atoms with Crippen molar-refractivity contribution < 1.29 is 41.8 Å². The second-order valence-corrected chi connectivity index (χ2v) is 13.3. The minimum Gasteiger partial charge on any atom is -0.487 e. The van der Waals surface area contributed by atoms with Gasteiger partial charge in [-0.3, -0.25) is 14.4 Å². The fraction of sp³-hybridized carbons (Fsp3) is 0.633. The summed E-state index contributed by atoms with van der Waals surface area (Å²) in [5.41, 5.74) is -1.62. The number of alkyl halides is 4. The van der Waals surface area contributed by atoms with Crippen molar-refractivity contribution >= 4 is 29.4 Å². The molecule has 1 saturated heterocycles. The molecule has 1 N–H and O–H groups in total. The van der Waals surface area contributed by atoms with Crippen LogP contribution in [-0.4, -0.2) is 67.3 Å². The van der Waals surface area contributed by atoms with Crippen LogP contribution >= 0.6 is 11.6 Å². The lowest BCUT2D eigenvalue weighted by molar-refractivity contribution is -0.162. The third kappa shape index (κ3) is 5.74. The molecule has 1 spiro atoms. The lowest BCUT2D eigenvalue weighted by Gasteiger charge is -2.45. The normalized spacial score (nSPS) is 25.7. The zero-order valence-corrected chi connectivity index (χ0v) is 25.4. The molecule has 3 fully saturated rings. The van der Waals surface area contributed by atoms with Crippen LogP contribution in [0.5, 0.6) is 5.75 Å². The van der Waals surface area contributed by atoms with Crippen molar-refractivity contribution in [3.63, 3.8) is 0 Å². The second kappa shape index (κ2) is 11.7. The van der Waals surface area contributed by atoms with Crippen LogP contribution in [0.1, 0.15) is 93.4 Å². The number of carbonyl (C=O) groups excluding carboxylic acids is 2. The maximum atomic E-state index is 14.4. The predicted molar refractivity (Wildman–Crippen MR) is 151 cm³/mol. The van der Waals surface area contributed by atoms with Crippen molar-refractivity contribution in [3.8, 4) is 5.75 Å². The van der Waals surface area contributed by atoms with E-state index in [0.29, 0.717) is 61.2 Å². The molecule has 2 aliphatic heterocycles. The highest BCUT2D eigenvalue weighted by Crippen LogP contribution is 2.54. The summed E-state index contributed by atoms with van der Waals surface area (Å²) < 4.78 is 59.6. The molecule has 2 aliphatic carbocycles. The Morgan fingerprint density at radius 2 is 1.91 bits per heavy atom. The molecule has 10 nitrogen and oxygen atoms in total. The van der Waals surface area contributed by atoms with Crippen LogP contribution in [0.15, 0.2) is 12.1 Å².